The predicted molar refractivity (Wildman–Crippen MR) is 37.5 cm³/mol. The lowest BCUT2D eigenvalue weighted by molar-refractivity contribution is -0.389. The van der Waals surface area contributed by atoms with Crippen LogP contribution in [0.2, 0.25) is 0 Å². The van der Waals surface area contributed by atoms with E-state index in [-0.39, 0.29) is 5.75 Å². The van der Waals surface area contributed by atoms with Gasteiger partial charge in [-0.15, -0.1) is 0 Å². The second-order valence-corrected chi connectivity index (χ2v) is 1.99. The Labute approximate surface area is 71.1 Å². The maximum Gasteiger partial charge on any atom is 0.387 e. The van der Waals surface area contributed by atoms with Crippen molar-refractivity contribution in [2.24, 2.45) is 0 Å². The van der Waals surface area contributed by atoms with E-state index in [2.05, 4.69) is 9.72 Å². The minimum absolute atomic E-state index is 0.281. The molecule has 1 aromatic heterocycles. The Bertz CT molecular complexity index is 319. The maximum absolute atomic E-state index is 11.6. The Kier molecular flexibility index (Phi) is 2.68. The normalized spacial score (nSPS) is 10.1. The highest BCUT2D eigenvalue weighted by molar-refractivity contribution is 5.30. The molecule has 13 heavy (non-hydrogen) atoms. The number of rotatable bonds is 3. The molecular weight excluding hydrogens is 186 g/mol. The third-order valence-corrected chi connectivity index (χ3v) is 1.13. The van der Waals surface area contributed by atoms with Gasteiger partial charge in [0.25, 0.3) is 0 Å². The van der Waals surface area contributed by atoms with Crippen molar-refractivity contribution in [3.63, 3.8) is 0 Å². The highest BCUT2D eigenvalue weighted by Gasteiger charge is 2.10. The van der Waals surface area contributed by atoms with Crippen molar-refractivity contribution in [1.29, 1.82) is 0 Å². The summed E-state index contributed by atoms with van der Waals surface area (Å²) in [6.07, 6.45) is 1.02. The van der Waals surface area contributed by atoms with Crippen molar-refractivity contribution in [2.75, 3.05) is 0 Å². The van der Waals surface area contributed by atoms with Crippen LogP contribution in [-0.2, 0) is 0 Å². The van der Waals surface area contributed by atoms with Crippen molar-refractivity contribution in [2.45, 2.75) is 6.61 Å². The lowest BCUT2D eigenvalue weighted by Gasteiger charge is -2.01. The molecular formula is C6H4F2N2O3. The van der Waals surface area contributed by atoms with Crippen LogP contribution in [0.25, 0.3) is 0 Å². The Morgan fingerprint density at radius 3 is 2.85 bits per heavy atom. The Balaban J connectivity index is 2.85. The van der Waals surface area contributed by atoms with Gasteiger partial charge in [0.15, 0.2) is 0 Å². The molecule has 0 amide bonds. The Morgan fingerprint density at radius 2 is 2.31 bits per heavy atom. The number of halogens is 2. The summed E-state index contributed by atoms with van der Waals surface area (Å²) in [5.41, 5.74) is 0. The van der Waals surface area contributed by atoms with Crippen LogP contribution >= 0.6 is 0 Å². The summed E-state index contributed by atoms with van der Waals surface area (Å²) in [5.74, 6) is -0.810. The van der Waals surface area contributed by atoms with Crippen molar-refractivity contribution >= 4 is 5.82 Å². The molecule has 7 heteroatoms. The summed E-state index contributed by atoms with van der Waals surface area (Å²) in [6.45, 7) is -3.00. The lowest BCUT2D eigenvalue weighted by Crippen LogP contribution is -2.02. The number of hydrogen-bond donors (Lipinski definition) is 0. The molecule has 0 bridgehead atoms. The van der Waals surface area contributed by atoms with E-state index in [0.717, 1.165) is 18.3 Å². The molecule has 0 aliphatic rings. The van der Waals surface area contributed by atoms with E-state index < -0.39 is 17.4 Å². The first-order chi connectivity index (χ1) is 6.09. The predicted octanol–water partition coefficient (Wildman–Crippen LogP) is 1.59. The number of hydrogen-bond acceptors (Lipinski definition) is 4. The molecule has 0 saturated carbocycles. The molecule has 1 heterocycles. The van der Waals surface area contributed by atoms with E-state index in [0.29, 0.717) is 0 Å². The molecule has 5 nitrogen and oxygen atoms in total. The van der Waals surface area contributed by atoms with Crippen LogP contribution in [0.5, 0.6) is 5.75 Å². The molecule has 0 saturated heterocycles. The van der Waals surface area contributed by atoms with Crippen LogP contribution < -0.4 is 4.74 Å². The van der Waals surface area contributed by atoms with Crippen molar-refractivity contribution < 1.29 is 18.4 Å². The molecule has 70 valence electrons. The summed E-state index contributed by atoms with van der Waals surface area (Å²) in [6, 6.07) is 1.94. The average Bonchev–Trinajstić information content (AvgIpc) is 2.03. The maximum atomic E-state index is 11.6. The summed E-state index contributed by atoms with van der Waals surface area (Å²) in [7, 11) is 0. The minimum Gasteiger partial charge on any atom is -0.434 e. The Hall–Kier alpha value is -1.79. The van der Waals surface area contributed by atoms with Crippen LogP contribution in [0.15, 0.2) is 18.3 Å². The highest BCUT2D eigenvalue weighted by atomic mass is 19.3. The third kappa shape index (κ3) is 2.62. The molecule has 0 aliphatic carbocycles. The first-order valence-corrected chi connectivity index (χ1v) is 3.15. The fourth-order valence-electron chi connectivity index (χ4n) is 0.676. The van der Waals surface area contributed by atoms with Gasteiger partial charge in [0, 0.05) is 6.07 Å². The fourth-order valence-corrected chi connectivity index (χ4v) is 0.676. The lowest BCUT2D eigenvalue weighted by atomic mass is 10.4. The molecule has 0 aliphatic heterocycles. The number of alkyl halides is 2. The standard InChI is InChI=1S/C6H4F2N2O3/c7-6(8)13-4-1-2-9-5(3-4)10(11)12/h1-3,6H. The quantitative estimate of drug-likeness (QED) is 0.536. The van der Waals surface area contributed by atoms with Crippen LogP contribution in [-0.4, -0.2) is 16.5 Å². The van der Waals surface area contributed by atoms with Crippen LogP contribution in [0, 0.1) is 10.1 Å². The number of ether oxygens (including phenoxy) is 1. The van der Waals surface area contributed by atoms with E-state index in [1.54, 1.807) is 0 Å². The van der Waals surface area contributed by atoms with Gasteiger partial charge in [-0.1, -0.05) is 0 Å². The average molecular weight is 190 g/mol. The Morgan fingerprint density at radius 1 is 1.62 bits per heavy atom. The van der Waals surface area contributed by atoms with Gasteiger partial charge in [-0.25, -0.2) is 0 Å². The molecule has 0 radical (unpaired) electrons. The van der Waals surface area contributed by atoms with Gasteiger partial charge < -0.3 is 14.9 Å². The van der Waals surface area contributed by atoms with E-state index >= 15 is 0 Å². The molecule has 0 unspecified atom stereocenters. The highest BCUT2D eigenvalue weighted by Crippen LogP contribution is 2.17. The minimum atomic E-state index is -3.00. The molecule has 0 fully saturated rings. The van der Waals surface area contributed by atoms with Crippen LogP contribution in [0.3, 0.4) is 0 Å². The third-order valence-electron chi connectivity index (χ3n) is 1.13. The second kappa shape index (κ2) is 3.74. The zero-order valence-electron chi connectivity index (χ0n) is 6.18. The molecule has 1 rings (SSSR count). The number of pyridine rings is 1. The molecule has 0 aromatic carbocycles. The van der Waals surface area contributed by atoms with Gasteiger partial charge in [0.2, 0.25) is 0 Å². The van der Waals surface area contributed by atoms with E-state index in [1.807, 2.05) is 0 Å². The summed E-state index contributed by atoms with van der Waals surface area (Å²) >= 11 is 0. The van der Waals surface area contributed by atoms with Crippen molar-refractivity contribution in [1.82, 2.24) is 4.98 Å². The number of nitrogens with zero attached hydrogens (tertiary/aromatic N) is 2. The number of nitro groups is 1. The van der Waals surface area contributed by atoms with E-state index in [4.69, 9.17) is 0 Å². The molecule has 0 atom stereocenters. The number of aromatic nitrogens is 1. The van der Waals surface area contributed by atoms with Gasteiger partial charge >= 0.3 is 12.4 Å². The first-order valence-electron chi connectivity index (χ1n) is 3.15. The van der Waals surface area contributed by atoms with Gasteiger partial charge in [-0.2, -0.15) is 8.78 Å². The van der Waals surface area contributed by atoms with Gasteiger partial charge in [-0.05, 0) is 9.91 Å². The van der Waals surface area contributed by atoms with Crippen molar-refractivity contribution in [3.8, 4) is 5.75 Å². The monoisotopic (exact) mass is 190 g/mol. The van der Waals surface area contributed by atoms with Crippen LogP contribution in [0.1, 0.15) is 0 Å². The van der Waals surface area contributed by atoms with Gasteiger partial charge in [0.1, 0.15) is 11.9 Å². The van der Waals surface area contributed by atoms with Crippen LogP contribution in [0.4, 0.5) is 14.6 Å². The topological polar surface area (TPSA) is 65.3 Å². The zero-order chi connectivity index (χ0) is 9.84. The van der Waals surface area contributed by atoms with Crippen molar-refractivity contribution in [3.05, 3.63) is 28.4 Å². The summed E-state index contributed by atoms with van der Waals surface area (Å²) < 4.78 is 27.2. The second-order valence-electron chi connectivity index (χ2n) is 1.99. The van der Waals surface area contributed by atoms with Gasteiger partial charge in [0.05, 0.1) is 6.07 Å². The SMILES string of the molecule is O=[N+]([O-])c1cc(OC(F)F)ccn1. The molecule has 1 aromatic rings. The zero-order valence-corrected chi connectivity index (χ0v) is 6.18. The van der Waals surface area contributed by atoms with E-state index in [1.165, 1.54) is 0 Å². The molecule has 0 N–H and O–H groups in total. The molecule has 0 spiro atoms. The van der Waals surface area contributed by atoms with Gasteiger partial charge in [-0.3, -0.25) is 0 Å². The van der Waals surface area contributed by atoms with E-state index in [9.17, 15) is 18.9 Å². The fraction of sp³-hybridized carbons (Fsp3) is 0.167. The summed E-state index contributed by atoms with van der Waals surface area (Å²) in [4.78, 5) is 12.7. The first kappa shape index (κ1) is 9.30. The summed E-state index contributed by atoms with van der Waals surface area (Å²) in [5, 5.41) is 10.1. The largest absolute Gasteiger partial charge is 0.434 e. The smallest absolute Gasteiger partial charge is 0.387 e.